The van der Waals surface area contributed by atoms with Gasteiger partial charge in [0.1, 0.15) is 5.69 Å². The molecule has 0 amide bonds. The highest BCUT2D eigenvalue weighted by atomic mass is 32.2. The third-order valence-electron chi connectivity index (χ3n) is 2.38. The van der Waals surface area contributed by atoms with Crippen LogP contribution in [0.1, 0.15) is 26.0 Å². The van der Waals surface area contributed by atoms with Gasteiger partial charge in [-0.1, -0.05) is 18.7 Å². The molecule has 1 atom stereocenters. The van der Waals surface area contributed by atoms with Gasteiger partial charge in [-0.25, -0.2) is 0 Å². The average Bonchev–Trinajstić information content (AvgIpc) is 2.55. The Kier molecular flexibility index (Phi) is 4.95. The van der Waals surface area contributed by atoms with Gasteiger partial charge in [-0.05, 0) is 20.3 Å². The molecule has 0 saturated heterocycles. The molecule has 1 N–H and O–H groups in total. The van der Waals surface area contributed by atoms with Crippen LogP contribution in [0.5, 0.6) is 0 Å². The van der Waals surface area contributed by atoms with E-state index in [1.807, 2.05) is 13.8 Å². The van der Waals surface area contributed by atoms with Crippen molar-refractivity contribution in [2.45, 2.75) is 44.0 Å². The second-order valence-electron chi connectivity index (χ2n) is 3.75. The first-order valence-corrected chi connectivity index (χ1v) is 6.38. The molecule has 96 valence electrons. The fourth-order valence-electron chi connectivity index (χ4n) is 1.52. The molecule has 0 fully saturated rings. The molecule has 0 bridgehead atoms. The molecule has 6 nitrogen and oxygen atoms in total. The van der Waals surface area contributed by atoms with Crippen molar-refractivity contribution in [2.24, 2.45) is 0 Å². The summed E-state index contributed by atoms with van der Waals surface area (Å²) in [5.74, 6) is 0. The van der Waals surface area contributed by atoms with E-state index in [9.17, 15) is 10.1 Å². The summed E-state index contributed by atoms with van der Waals surface area (Å²) in [6.07, 6.45) is 0.607. The highest BCUT2D eigenvalue weighted by Crippen LogP contribution is 2.35. The summed E-state index contributed by atoms with van der Waals surface area (Å²) in [4.78, 5) is 10.6. The molecular weight excluding hydrogens is 242 g/mol. The minimum absolute atomic E-state index is 0.0845. The first-order valence-electron chi connectivity index (χ1n) is 5.50. The Hall–Kier alpha value is -1.08. The number of aliphatic hydroxyl groups is 1. The maximum absolute atomic E-state index is 11.0. The number of aromatic nitrogens is 2. The van der Waals surface area contributed by atoms with Crippen LogP contribution in [0.3, 0.4) is 0 Å². The smallest absolute Gasteiger partial charge is 0.323 e. The number of rotatable bonds is 6. The SMILES string of the molecule is CCn1nc(C)c([N+](=O)[O-])c1SC(C)CCO. The van der Waals surface area contributed by atoms with Crippen LogP contribution >= 0.6 is 11.8 Å². The van der Waals surface area contributed by atoms with Crippen molar-refractivity contribution < 1.29 is 10.0 Å². The van der Waals surface area contributed by atoms with Gasteiger partial charge in [0.05, 0.1) is 4.92 Å². The maximum Gasteiger partial charge on any atom is 0.323 e. The van der Waals surface area contributed by atoms with Crippen LogP contribution in [0, 0.1) is 17.0 Å². The van der Waals surface area contributed by atoms with E-state index in [-0.39, 0.29) is 22.5 Å². The fourth-order valence-corrected chi connectivity index (χ4v) is 2.75. The van der Waals surface area contributed by atoms with Gasteiger partial charge in [-0.15, -0.1) is 0 Å². The largest absolute Gasteiger partial charge is 0.396 e. The Morgan fingerprint density at radius 2 is 2.29 bits per heavy atom. The highest BCUT2D eigenvalue weighted by Gasteiger charge is 2.26. The summed E-state index contributed by atoms with van der Waals surface area (Å²) in [6.45, 7) is 6.17. The standard InChI is InChI=1S/C10H17N3O3S/c1-4-12-10(17-7(2)5-6-14)9(13(15)16)8(3)11-12/h7,14H,4-6H2,1-3H3. The molecule has 0 aliphatic heterocycles. The van der Waals surface area contributed by atoms with E-state index < -0.39 is 0 Å². The second kappa shape index (κ2) is 6.02. The van der Waals surface area contributed by atoms with Crippen molar-refractivity contribution in [3.63, 3.8) is 0 Å². The Morgan fingerprint density at radius 3 is 2.76 bits per heavy atom. The van der Waals surface area contributed by atoms with Gasteiger partial charge >= 0.3 is 5.69 Å². The summed E-state index contributed by atoms with van der Waals surface area (Å²) in [5.41, 5.74) is 0.525. The van der Waals surface area contributed by atoms with Crippen molar-refractivity contribution in [1.82, 2.24) is 9.78 Å². The van der Waals surface area contributed by atoms with Crippen LogP contribution in [-0.4, -0.2) is 31.7 Å². The van der Waals surface area contributed by atoms with E-state index in [4.69, 9.17) is 5.11 Å². The minimum atomic E-state index is -0.386. The molecule has 0 radical (unpaired) electrons. The summed E-state index contributed by atoms with van der Waals surface area (Å²) in [5, 5.41) is 24.7. The van der Waals surface area contributed by atoms with Gasteiger partial charge in [0.15, 0.2) is 5.03 Å². The van der Waals surface area contributed by atoms with Crippen molar-refractivity contribution >= 4 is 17.4 Å². The molecule has 0 aliphatic rings. The average molecular weight is 259 g/mol. The molecule has 1 aromatic rings. The highest BCUT2D eigenvalue weighted by molar-refractivity contribution is 8.00. The molecular formula is C10H17N3O3S. The maximum atomic E-state index is 11.0. The van der Waals surface area contributed by atoms with Crippen molar-refractivity contribution in [3.05, 3.63) is 15.8 Å². The zero-order valence-corrected chi connectivity index (χ0v) is 11.0. The molecule has 0 aromatic carbocycles. The Balaban J connectivity index is 3.06. The van der Waals surface area contributed by atoms with Gasteiger partial charge in [-0.3, -0.25) is 14.8 Å². The molecule has 7 heteroatoms. The number of thioether (sulfide) groups is 1. The number of aryl methyl sites for hydroxylation is 2. The Labute approximate surface area is 104 Å². The van der Waals surface area contributed by atoms with Gasteiger partial charge in [0, 0.05) is 18.4 Å². The third kappa shape index (κ3) is 3.19. The van der Waals surface area contributed by atoms with Crippen LogP contribution in [0.15, 0.2) is 5.03 Å². The predicted molar refractivity (Wildman–Crippen MR) is 66.3 cm³/mol. The Morgan fingerprint density at radius 1 is 1.65 bits per heavy atom. The first-order chi connectivity index (χ1) is 8.01. The lowest BCUT2D eigenvalue weighted by molar-refractivity contribution is -0.388. The lowest BCUT2D eigenvalue weighted by Gasteiger charge is -2.09. The summed E-state index contributed by atoms with van der Waals surface area (Å²) in [7, 11) is 0. The van der Waals surface area contributed by atoms with Crippen molar-refractivity contribution in [2.75, 3.05) is 6.61 Å². The van der Waals surface area contributed by atoms with Gasteiger partial charge in [0.2, 0.25) is 0 Å². The number of hydrogen-bond acceptors (Lipinski definition) is 5. The van der Waals surface area contributed by atoms with E-state index in [1.54, 1.807) is 11.6 Å². The van der Waals surface area contributed by atoms with Gasteiger partial charge < -0.3 is 5.11 Å². The Bertz CT molecular complexity index is 406. The lowest BCUT2D eigenvalue weighted by Crippen LogP contribution is -2.05. The first kappa shape index (κ1) is 14.0. The third-order valence-corrected chi connectivity index (χ3v) is 3.65. The molecule has 0 spiro atoms. The van der Waals surface area contributed by atoms with Crippen LogP contribution in [0.4, 0.5) is 5.69 Å². The molecule has 17 heavy (non-hydrogen) atoms. The van der Waals surface area contributed by atoms with E-state index in [2.05, 4.69) is 5.10 Å². The summed E-state index contributed by atoms with van der Waals surface area (Å²) < 4.78 is 1.64. The topological polar surface area (TPSA) is 81.2 Å². The number of nitro groups is 1. The van der Waals surface area contributed by atoms with Crippen LogP contribution in [0.25, 0.3) is 0 Å². The van der Waals surface area contributed by atoms with E-state index >= 15 is 0 Å². The summed E-state index contributed by atoms with van der Waals surface area (Å²) >= 11 is 1.39. The molecule has 0 aliphatic carbocycles. The summed E-state index contributed by atoms with van der Waals surface area (Å²) in [6, 6.07) is 0. The zero-order chi connectivity index (χ0) is 13.0. The number of nitrogens with zero attached hydrogens (tertiary/aromatic N) is 3. The van der Waals surface area contributed by atoms with Crippen molar-refractivity contribution in [1.29, 1.82) is 0 Å². The number of aliphatic hydroxyl groups excluding tert-OH is 1. The monoisotopic (exact) mass is 259 g/mol. The van der Waals surface area contributed by atoms with Gasteiger partial charge in [-0.2, -0.15) is 5.10 Å². The van der Waals surface area contributed by atoms with E-state index in [0.29, 0.717) is 23.7 Å². The quantitative estimate of drug-likeness (QED) is 0.480. The molecule has 1 aromatic heterocycles. The van der Waals surface area contributed by atoms with Crippen LogP contribution in [0.2, 0.25) is 0 Å². The predicted octanol–water partition coefficient (Wildman–Crippen LogP) is 1.98. The van der Waals surface area contributed by atoms with E-state index in [0.717, 1.165) is 0 Å². The molecule has 1 rings (SSSR count). The van der Waals surface area contributed by atoms with Gasteiger partial charge in [0.25, 0.3) is 0 Å². The molecule has 1 heterocycles. The van der Waals surface area contributed by atoms with Crippen LogP contribution in [-0.2, 0) is 6.54 Å². The van der Waals surface area contributed by atoms with Crippen molar-refractivity contribution in [3.8, 4) is 0 Å². The number of hydrogen-bond donors (Lipinski definition) is 1. The zero-order valence-electron chi connectivity index (χ0n) is 10.2. The minimum Gasteiger partial charge on any atom is -0.396 e. The molecule has 0 saturated carbocycles. The second-order valence-corrected chi connectivity index (χ2v) is 5.18. The van der Waals surface area contributed by atoms with E-state index in [1.165, 1.54) is 11.8 Å². The molecule has 1 unspecified atom stereocenters. The normalized spacial score (nSPS) is 12.7. The fraction of sp³-hybridized carbons (Fsp3) is 0.700. The van der Waals surface area contributed by atoms with Crippen LogP contribution < -0.4 is 0 Å². The lowest BCUT2D eigenvalue weighted by atomic mass is 10.3.